The number of benzene rings is 1. The van der Waals surface area contributed by atoms with Crippen molar-refractivity contribution in [2.45, 2.75) is 18.7 Å². The molecule has 2 aromatic rings. The van der Waals surface area contributed by atoms with Gasteiger partial charge in [-0.3, -0.25) is 5.43 Å². The molecule has 1 N–H and O–H groups in total. The minimum Gasteiger partial charge on any atom is -0.493 e. The molecule has 1 aromatic heterocycles. The van der Waals surface area contributed by atoms with Gasteiger partial charge in [-0.25, -0.2) is 13.4 Å². The van der Waals surface area contributed by atoms with Crippen LogP contribution in [0.3, 0.4) is 0 Å². The second-order valence-electron chi connectivity index (χ2n) is 5.42. The average molecular weight is 392 g/mol. The summed E-state index contributed by atoms with van der Waals surface area (Å²) in [4.78, 5) is 4.27. The predicted octanol–water partition coefficient (Wildman–Crippen LogP) is 2.58. The number of sulfonamides is 1. The Morgan fingerprint density at radius 1 is 1.15 bits per heavy atom. The van der Waals surface area contributed by atoms with Crippen molar-refractivity contribution in [2.75, 3.05) is 32.7 Å². The van der Waals surface area contributed by atoms with Gasteiger partial charge in [0.05, 0.1) is 20.4 Å². The van der Waals surface area contributed by atoms with Gasteiger partial charge in [0.1, 0.15) is 10.7 Å². The Labute approximate surface area is 159 Å². The molecule has 0 unspecified atom stereocenters. The maximum Gasteiger partial charge on any atom is 0.244 e. The molecule has 0 saturated heterocycles. The molecule has 0 radical (unpaired) electrons. The highest BCUT2D eigenvalue weighted by atomic mass is 32.2. The van der Waals surface area contributed by atoms with E-state index in [-0.39, 0.29) is 4.90 Å². The maximum absolute atomic E-state index is 12.4. The smallest absolute Gasteiger partial charge is 0.244 e. The van der Waals surface area contributed by atoms with Gasteiger partial charge < -0.3 is 9.47 Å². The molecule has 9 heteroatoms. The van der Waals surface area contributed by atoms with Crippen LogP contribution in [0.4, 0.5) is 5.82 Å². The summed E-state index contributed by atoms with van der Waals surface area (Å²) in [5.74, 6) is 1.59. The van der Waals surface area contributed by atoms with Crippen LogP contribution in [0.1, 0.15) is 19.4 Å². The molecule has 1 aromatic carbocycles. The quantitative estimate of drug-likeness (QED) is 0.521. The van der Waals surface area contributed by atoms with Crippen LogP contribution < -0.4 is 14.9 Å². The molecule has 0 amide bonds. The largest absolute Gasteiger partial charge is 0.493 e. The van der Waals surface area contributed by atoms with Gasteiger partial charge in [0, 0.05) is 24.8 Å². The Morgan fingerprint density at radius 2 is 1.89 bits per heavy atom. The monoisotopic (exact) mass is 392 g/mol. The highest BCUT2D eigenvalue weighted by molar-refractivity contribution is 7.89. The molecule has 27 heavy (non-hydrogen) atoms. The van der Waals surface area contributed by atoms with Gasteiger partial charge in [-0.05, 0) is 24.3 Å². The number of anilines is 1. The summed E-state index contributed by atoms with van der Waals surface area (Å²) in [6.07, 6.45) is 2.89. The molecule has 1 heterocycles. The van der Waals surface area contributed by atoms with Crippen molar-refractivity contribution >= 4 is 22.1 Å². The van der Waals surface area contributed by atoms with E-state index in [1.165, 1.54) is 16.6 Å². The normalized spacial score (nSPS) is 11.7. The van der Waals surface area contributed by atoms with Crippen LogP contribution in [0.15, 0.2) is 46.5 Å². The SMILES string of the molecule is CCN(CC)S(=O)(=O)c1ccc(NN=Cc2cccc(OC)c2OC)nc1. The van der Waals surface area contributed by atoms with Crippen LogP contribution in [0.2, 0.25) is 0 Å². The van der Waals surface area contributed by atoms with Crippen molar-refractivity contribution < 1.29 is 17.9 Å². The predicted molar refractivity (Wildman–Crippen MR) is 105 cm³/mol. The van der Waals surface area contributed by atoms with Gasteiger partial charge >= 0.3 is 0 Å². The fraction of sp³-hybridized carbons (Fsp3) is 0.333. The van der Waals surface area contributed by atoms with E-state index in [1.54, 1.807) is 46.4 Å². The standard InChI is InChI=1S/C18H24N4O4S/c1-5-22(6-2)27(23,24)15-10-11-17(19-13-15)21-20-12-14-8-7-9-16(25-3)18(14)26-4/h7-13H,5-6H2,1-4H3,(H,19,21). The molecule has 0 atom stereocenters. The first-order chi connectivity index (χ1) is 13.0. The third-order valence-corrected chi connectivity index (χ3v) is 5.93. The van der Waals surface area contributed by atoms with E-state index in [0.717, 1.165) is 5.56 Å². The first-order valence-corrected chi connectivity index (χ1v) is 9.88. The Morgan fingerprint density at radius 3 is 2.44 bits per heavy atom. The molecule has 0 aliphatic rings. The maximum atomic E-state index is 12.4. The van der Waals surface area contributed by atoms with E-state index in [2.05, 4.69) is 15.5 Å². The third kappa shape index (κ3) is 4.75. The fourth-order valence-corrected chi connectivity index (χ4v) is 3.90. The topological polar surface area (TPSA) is 93.1 Å². The summed E-state index contributed by atoms with van der Waals surface area (Å²) in [6, 6.07) is 8.52. The summed E-state index contributed by atoms with van der Waals surface area (Å²) in [5.41, 5.74) is 3.50. The van der Waals surface area contributed by atoms with Gasteiger partial charge in [0.25, 0.3) is 0 Å². The van der Waals surface area contributed by atoms with Gasteiger partial charge in [0.15, 0.2) is 11.5 Å². The number of pyridine rings is 1. The van der Waals surface area contributed by atoms with E-state index in [9.17, 15) is 8.42 Å². The van der Waals surface area contributed by atoms with Crippen molar-refractivity contribution in [2.24, 2.45) is 5.10 Å². The first kappa shape index (κ1) is 20.7. The van der Waals surface area contributed by atoms with E-state index in [0.29, 0.717) is 30.4 Å². The third-order valence-electron chi connectivity index (χ3n) is 3.90. The van der Waals surface area contributed by atoms with Crippen LogP contribution in [0.25, 0.3) is 0 Å². The lowest BCUT2D eigenvalue weighted by Crippen LogP contribution is -2.30. The van der Waals surface area contributed by atoms with Gasteiger partial charge in [-0.1, -0.05) is 19.9 Å². The van der Waals surface area contributed by atoms with E-state index < -0.39 is 10.0 Å². The van der Waals surface area contributed by atoms with Gasteiger partial charge in [-0.15, -0.1) is 0 Å². The highest BCUT2D eigenvalue weighted by Crippen LogP contribution is 2.29. The zero-order valence-corrected chi connectivity index (χ0v) is 16.7. The van der Waals surface area contributed by atoms with Crippen LogP contribution in [-0.4, -0.2) is 51.2 Å². The Kier molecular flexibility index (Phi) is 7.14. The van der Waals surface area contributed by atoms with Gasteiger partial charge in [-0.2, -0.15) is 9.41 Å². The molecular formula is C18H24N4O4S. The van der Waals surface area contributed by atoms with Crippen LogP contribution >= 0.6 is 0 Å². The number of methoxy groups -OCH3 is 2. The van der Waals surface area contributed by atoms with Crippen molar-refractivity contribution in [3.63, 3.8) is 0 Å². The number of para-hydroxylation sites is 1. The number of rotatable bonds is 9. The van der Waals surface area contributed by atoms with E-state index in [1.807, 2.05) is 12.1 Å². The van der Waals surface area contributed by atoms with Gasteiger partial charge in [0.2, 0.25) is 10.0 Å². The van der Waals surface area contributed by atoms with Crippen LogP contribution in [0.5, 0.6) is 11.5 Å². The molecule has 0 saturated carbocycles. The fourth-order valence-electron chi connectivity index (χ4n) is 2.49. The highest BCUT2D eigenvalue weighted by Gasteiger charge is 2.21. The zero-order chi connectivity index (χ0) is 19.9. The minimum absolute atomic E-state index is 0.148. The number of aromatic nitrogens is 1. The molecule has 0 spiro atoms. The molecule has 0 aliphatic heterocycles. The molecule has 0 bridgehead atoms. The van der Waals surface area contributed by atoms with Crippen molar-refractivity contribution in [1.29, 1.82) is 0 Å². The summed E-state index contributed by atoms with van der Waals surface area (Å²) in [5, 5.41) is 4.12. The minimum atomic E-state index is -3.52. The lowest BCUT2D eigenvalue weighted by Gasteiger charge is -2.18. The Hall–Kier alpha value is -2.65. The number of hydrogen-bond acceptors (Lipinski definition) is 7. The average Bonchev–Trinajstić information content (AvgIpc) is 2.68. The molecule has 146 valence electrons. The molecular weight excluding hydrogens is 368 g/mol. The van der Waals surface area contributed by atoms with Crippen molar-refractivity contribution in [3.8, 4) is 11.5 Å². The Balaban J connectivity index is 2.13. The lowest BCUT2D eigenvalue weighted by atomic mass is 10.2. The molecule has 8 nitrogen and oxygen atoms in total. The van der Waals surface area contributed by atoms with E-state index >= 15 is 0 Å². The molecule has 2 rings (SSSR count). The number of nitrogens with zero attached hydrogens (tertiary/aromatic N) is 3. The van der Waals surface area contributed by atoms with Crippen LogP contribution in [0, 0.1) is 0 Å². The molecule has 0 aliphatic carbocycles. The van der Waals surface area contributed by atoms with Crippen molar-refractivity contribution in [3.05, 3.63) is 42.1 Å². The second kappa shape index (κ2) is 9.33. The lowest BCUT2D eigenvalue weighted by molar-refractivity contribution is 0.354. The summed E-state index contributed by atoms with van der Waals surface area (Å²) in [7, 11) is -0.405. The summed E-state index contributed by atoms with van der Waals surface area (Å²) in [6.45, 7) is 4.41. The zero-order valence-electron chi connectivity index (χ0n) is 15.8. The summed E-state index contributed by atoms with van der Waals surface area (Å²) >= 11 is 0. The second-order valence-corrected chi connectivity index (χ2v) is 7.36. The number of ether oxygens (including phenoxy) is 2. The molecule has 0 fully saturated rings. The number of nitrogens with one attached hydrogen (secondary N) is 1. The number of hydrogen-bond donors (Lipinski definition) is 1. The van der Waals surface area contributed by atoms with Crippen molar-refractivity contribution in [1.82, 2.24) is 9.29 Å². The first-order valence-electron chi connectivity index (χ1n) is 8.44. The summed E-state index contributed by atoms with van der Waals surface area (Å²) < 4.78 is 36.9. The van der Waals surface area contributed by atoms with E-state index in [4.69, 9.17) is 9.47 Å². The number of hydrazone groups is 1. The Bertz CT molecular complexity index is 879. The van der Waals surface area contributed by atoms with Crippen LogP contribution in [-0.2, 0) is 10.0 Å².